The minimum atomic E-state index is -0.132. The van der Waals surface area contributed by atoms with E-state index >= 15 is 0 Å². The van der Waals surface area contributed by atoms with Crippen molar-refractivity contribution in [1.29, 1.82) is 0 Å². The SMILES string of the molecule is CC(C)c1cc(C(=O)NCC2(N3CCOCC3)CCCCCC2)no1. The van der Waals surface area contributed by atoms with Crippen LogP contribution in [0.3, 0.4) is 0 Å². The molecule has 1 aliphatic carbocycles. The third-order valence-electron chi connectivity index (χ3n) is 5.62. The van der Waals surface area contributed by atoms with E-state index in [1.54, 1.807) is 6.07 Å². The topological polar surface area (TPSA) is 67.6 Å². The number of carbonyl (C=O) groups is 1. The molecule has 1 saturated heterocycles. The van der Waals surface area contributed by atoms with Crippen LogP contribution in [0.15, 0.2) is 10.6 Å². The molecule has 1 N–H and O–H groups in total. The van der Waals surface area contributed by atoms with Crippen molar-refractivity contribution in [3.63, 3.8) is 0 Å². The molecular weight excluding hydrogens is 318 g/mol. The van der Waals surface area contributed by atoms with E-state index in [-0.39, 0.29) is 17.4 Å². The van der Waals surface area contributed by atoms with Crippen LogP contribution < -0.4 is 5.32 Å². The largest absolute Gasteiger partial charge is 0.379 e. The summed E-state index contributed by atoms with van der Waals surface area (Å²) >= 11 is 0. The van der Waals surface area contributed by atoms with Gasteiger partial charge in [-0.15, -0.1) is 0 Å². The van der Waals surface area contributed by atoms with E-state index in [1.807, 2.05) is 13.8 Å². The first-order chi connectivity index (χ1) is 12.1. The molecule has 140 valence electrons. The maximum Gasteiger partial charge on any atom is 0.273 e. The van der Waals surface area contributed by atoms with Gasteiger partial charge >= 0.3 is 0 Å². The smallest absolute Gasteiger partial charge is 0.273 e. The third kappa shape index (κ3) is 4.42. The summed E-state index contributed by atoms with van der Waals surface area (Å²) in [5.74, 6) is 0.852. The number of nitrogens with zero attached hydrogens (tertiary/aromatic N) is 2. The lowest BCUT2D eigenvalue weighted by Gasteiger charge is -2.45. The van der Waals surface area contributed by atoms with E-state index in [0.717, 1.165) is 44.9 Å². The average molecular weight is 349 g/mol. The Morgan fingerprint density at radius 2 is 1.92 bits per heavy atom. The van der Waals surface area contributed by atoms with Gasteiger partial charge in [0.05, 0.1) is 13.2 Å². The molecule has 2 fully saturated rings. The van der Waals surface area contributed by atoms with Crippen LogP contribution in [0.2, 0.25) is 0 Å². The first kappa shape index (κ1) is 18.4. The molecule has 0 aromatic carbocycles. The van der Waals surface area contributed by atoms with Gasteiger partial charge in [-0.2, -0.15) is 0 Å². The van der Waals surface area contributed by atoms with Crippen LogP contribution >= 0.6 is 0 Å². The normalized spacial score (nSPS) is 21.9. The number of amides is 1. The number of hydrogen-bond donors (Lipinski definition) is 1. The summed E-state index contributed by atoms with van der Waals surface area (Å²) in [6, 6.07) is 1.76. The molecule has 2 aliphatic rings. The van der Waals surface area contributed by atoms with Crippen LogP contribution in [0.5, 0.6) is 0 Å². The molecule has 0 atom stereocenters. The molecule has 1 aromatic heterocycles. The predicted molar refractivity (Wildman–Crippen MR) is 95.8 cm³/mol. The van der Waals surface area contributed by atoms with E-state index in [2.05, 4.69) is 15.4 Å². The van der Waals surface area contributed by atoms with Gasteiger partial charge in [-0.25, -0.2) is 0 Å². The Morgan fingerprint density at radius 3 is 2.52 bits per heavy atom. The minimum absolute atomic E-state index is 0.0561. The number of hydrogen-bond acceptors (Lipinski definition) is 5. The molecule has 1 aromatic rings. The molecule has 1 amide bonds. The van der Waals surface area contributed by atoms with Crippen LogP contribution in [-0.2, 0) is 4.74 Å². The van der Waals surface area contributed by atoms with Crippen molar-refractivity contribution in [3.8, 4) is 0 Å². The van der Waals surface area contributed by atoms with E-state index < -0.39 is 0 Å². The van der Waals surface area contributed by atoms with Gasteiger partial charge in [-0.05, 0) is 12.8 Å². The summed E-state index contributed by atoms with van der Waals surface area (Å²) in [5, 5.41) is 7.08. The Bertz CT molecular complexity index is 556. The summed E-state index contributed by atoms with van der Waals surface area (Å²) in [6.07, 6.45) is 7.33. The highest BCUT2D eigenvalue weighted by atomic mass is 16.5. The van der Waals surface area contributed by atoms with Crippen LogP contribution in [0, 0.1) is 0 Å². The Balaban J connectivity index is 1.67. The highest BCUT2D eigenvalue weighted by molar-refractivity contribution is 5.92. The Hall–Kier alpha value is -1.40. The van der Waals surface area contributed by atoms with Gasteiger partial charge in [0.1, 0.15) is 5.76 Å². The summed E-state index contributed by atoms with van der Waals surface area (Å²) in [4.78, 5) is 15.1. The fourth-order valence-corrected chi connectivity index (χ4v) is 4.03. The Morgan fingerprint density at radius 1 is 1.24 bits per heavy atom. The highest BCUT2D eigenvalue weighted by Crippen LogP contribution is 2.33. The maximum atomic E-state index is 12.6. The Kier molecular flexibility index (Phi) is 6.12. The standard InChI is InChI=1S/C19H31N3O3/c1-15(2)17-13-16(21-25-17)18(23)20-14-19(7-5-3-4-6-8-19)22-9-11-24-12-10-22/h13,15H,3-12,14H2,1-2H3,(H,20,23). The zero-order valence-electron chi connectivity index (χ0n) is 15.6. The summed E-state index contributed by atoms with van der Waals surface area (Å²) in [5.41, 5.74) is 0.440. The van der Waals surface area contributed by atoms with Gasteiger partial charge in [0, 0.05) is 37.2 Å². The lowest BCUT2D eigenvalue weighted by atomic mass is 9.87. The number of carbonyl (C=O) groups excluding carboxylic acids is 1. The number of morpholine rings is 1. The minimum Gasteiger partial charge on any atom is -0.379 e. The Labute approximate surface area is 150 Å². The third-order valence-corrected chi connectivity index (χ3v) is 5.62. The van der Waals surface area contributed by atoms with Gasteiger partial charge in [-0.3, -0.25) is 9.69 Å². The molecule has 0 spiro atoms. The molecule has 6 heteroatoms. The first-order valence-electron chi connectivity index (χ1n) is 9.68. The number of nitrogens with one attached hydrogen (secondary N) is 1. The van der Waals surface area contributed by atoms with Crippen LogP contribution in [0.4, 0.5) is 0 Å². The van der Waals surface area contributed by atoms with E-state index in [9.17, 15) is 4.79 Å². The van der Waals surface area contributed by atoms with Gasteiger partial charge in [0.25, 0.3) is 5.91 Å². The average Bonchev–Trinajstić information content (AvgIpc) is 3.01. The summed E-state index contributed by atoms with van der Waals surface area (Å²) in [7, 11) is 0. The monoisotopic (exact) mass is 349 g/mol. The van der Waals surface area contributed by atoms with Crippen molar-refractivity contribution < 1.29 is 14.1 Å². The predicted octanol–water partition coefficient (Wildman–Crippen LogP) is 2.95. The van der Waals surface area contributed by atoms with Crippen LogP contribution in [0.1, 0.15) is 74.5 Å². The van der Waals surface area contributed by atoms with E-state index in [1.165, 1.54) is 25.7 Å². The van der Waals surface area contributed by atoms with Crippen LogP contribution in [0.25, 0.3) is 0 Å². The van der Waals surface area contributed by atoms with Crippen LogP contribution in [-0.4, -0.2) is 54.4 Å². The molecule has 1 aliphatic heterocycles. The second-order valence-electron chi connectivity index (χ2n) is 7.69. The highest BCUT2D eigenvalue weighted by Gasteiger charge is 2.38. The molecule has 0 unspecified atom stereocenters. The van der Waals surface area contributed by atoms with Gasteiger partial charge in [-0.1, -0.05) is 44.7 Å². The molecule has 0 radical (unpaired) electrons. The second kappa shape index (κ2) is 8.32. The van der Waals surface area contributed by atoms with Crippen molar-refractivity contribution in [2.24, 2.45) is 0 Å². The molecule has 1 saturated carbocycles. The lowest BCUT2D eigenvalue weighted by molar-refractivity contribution is -0.0281. The molecule has 3 rings (SSSR count). The number of aromatic nitrogens is 1. The molecule has 2 heterocycles. The maximum absolute atomic E-state index is 12.6. The van der Waals surface area contributed by atoms with Crippen molar-refractivity contribution in [3.05, 3.63) is 17.5 Å². The molecule has 6 nitrogen and oxygen atoms in total. The quantitative estimate of drug-likeness (QED) is 0.828. The zero-order chi connectivity index (χ0) is 17.7. The number of ether oxygens (including phenoxy) is 1. The zero-order valence-corrected chi connectivity index (χ0v) is 15.6. The van der Waals surface area contributed by atoms with Crippen molar-refractivity contribution in [1.82, 2.24) is 15.4 Å². The molecule has 25 heavy (non-hydrogen) atoms. The second-order valence-corrected chi connectivity index (χ2v) is 7.69. The summed E-state index contributed by atoms with van der Waals surface area (Å²) < 4.78 is 10.8. The lowest BCUT2D eigenvalue weighted by Crippen LogP contribution is -2.58. The fourth-order valence-electron chi connectivity index (χ4n) is 4.03. The van der Waals surface area contributed by atoms with E-state index in [4.69, 9.17) is 9.26 Å². The number of rotatable bonds is 5. The van der Waals surface area contributed by atoms with Crippen molar-refractivity contribution in [2.45, 2.75) is 63.8 Å². The van der Waals surface area contributed by atoms with Crippen molar-refractivity contribution >= 4 is 5.91 Å². The first-order valence-corrected chi connectivity index (χ1v) is 9.68. The molecule has 0 bridgehead atoms. The fraction of sp³-hybridized carbons (Fsp3) is 0.789. The van der Waals surface area contributed by atoms with Gasteiger partial charge in [0.15, 0.2) is 5.69 Å². The van der Waals surface area contributed by atoms with E-state index in [0.29, 0.717) is 12.2 Å². The van der Waals surface area contributed by atoms with Crippen molar-refractivity contribution in [2.75, 3.05) is 32.8 Å². The molecular formula is C19H31N3O3. The van der Waals surface area contributed by atoms with Gasteiger partial charge in [0.2, 0.25) is 0 Å². The van der Waals surface area contributed by atoms with Gasteiger partial charge < -0.3 is 14.6 Å². The summed E-state index contributed by atoms with van der Waals surface area (Å²) in [6.45, 7) is 8.22.